The van der Waals surface area contributed by atoms with Gasteiger partial charge in [0.2, 0.25) is 5.91 Å². The Bertz CT molecular complexity index is 545. The minimum Gasteiger partial charge on any atom is -0.395 e. The molecule has 0 unspecified atom stereocenters. The highest BCUT2D eigenvalue weighted by Gasteiger charge is 2.20. The molecule has 0 radical (unpaired) electrons. The SMILES string of the molecule is O=C1CCCCCN1c1cc(C#CCCO)ccc1Cl. The Morgan fingerprint density at radius 2 is 2.15 bits per heavy atom. The third-order valence-corrected chi connectivity index (χ3v) is 3.60. The van der Waals surface area contributed by atoms with Crippen molar-refractivity contribution in [2.45, 2.75) is 32.1 Å². The molecule has 20 heavy (non-hydrogen) atoms. The van der Waals surface area contributed by atoms with Gasteiger partial charge in [0.25, 0.3) is 0 Å². The van der Waals surface area contributed by atoms with Crippen LogP contribution >= 0.6 is 11.6 Å². The molecule has 1 aromatic rings. The van der Waals surface area contributed by atoms with Crippen LogP contribution in [0.15, 0.2) is 18.2 Å². The van der Waals surface area contributed by atoms with Crippen LogP contribution in [0.25, 0.3) is 0 Å². The Hall–Kier alpha value is -1.50. The largest absolute Gasteiger partial charge is 0.395 e. The zero-order valence-electron chi connectivity index (χ0n) is 11.4. The van der Waals surface area contributed by atoms with E-state index in [9.17, 15) is 4.79 Å². The Labute approximate surface area is 124 Å². The number of nitrogens with zero attached hydrogens (tertiary/aromatic N) is 1. The van der Waals surface area contributed by atoms with Crippen LogP contribution in [0.4, 0.5) is 5.69 Å². The predicted molar refractivity (Wildman–Crippen MR) is 80.9 cm³/mol. The lowest BCUT2D eigenvalue weighted by Gasteiger charge is -2.22. The molecule has 1 saturated heterocycles. The minimum absolute atomic E-state index is 0.0536. The van der Waals surface area contributed by atoms with Crippen molar-refractivity contribution in [3.05, 3.63) is 28.8 Å². The number of hydrogen-bond acceptors (Lipinski definition) is 2. The van der Waals surface area contributed by atoms with E-state index in [0.29, 0.717) is 24.4 Å². The van der Waals surface area contributed by atoms with Crippen LogP contribution in [0.2, 0.25) is 5.02 Å². The highest BCUT2D eigenvalue weighted by molar-refractivity contribution is 6.33. The Morgan fingerprint density at radius 1 is 1.30 bits per heavy atom. The second kappa shape index (κ2) is 7.33. The number of benzene rings is 1. The quantitative estimate of drug-likeness (QED) is 0.851. The normalized spacial score (nSPS) is 15.5. The average molecular weight is 292 g/mol. The summed E-state index contributed by atoms with van der Waals surface area (Å²) in [5.41, 5.74) is 1.56. The van der Waals surface area contributed by atoms with Crippen LogP contribution in [0.5, 0.6) is 0 Å². The molecule has 0 aliphatic carbocycles. The van der Waals surface area contributed by atoms with Crippen molar-refractivity contribution >= 4 is 23.2 Å². The Morgan fingerprint density at radius 3 is 2.95 bits per heavy atom. The number of aliphatic hydroxyl groups excluding tert-OH is 1. The maximum Gasteiger partial charge on any atom is 0.227 e. The van der Waals surface area contributed by atoms with Gasteiger partial charge in [-0.3, -0.25) is 4.79 Å². The molecule has 0 spiro atoms. The first kappa shape index (κ1) is 14.9. The van der Waals surface area contributed by atoms with Crippen molar-refractivity contribution in [2.75, 3.05) is 18.1 Å². The number of anilines is 1. The van der Waals surface area contributed by atoms with E-state index in [1.165, 1.54) is 0 Å². The van der Waals surface area contributed by atoms with Gasteiger partial charge in [-0.25, -0.2) is 0 Å². The second-order valence-electron chi connectivity index (χ2n) is 4.80. The number of carbonyl (C=O) groups excluding carboxylic acids is 1. The molecule has 0 atom stereocenters. The predicted octanol–water partition coefficient (Wildman–Crippen LogP) is 2.98. The van der Waals surface area contributed by atoms with E-state index in [2.05, 4.69) is 11.8 Å². The van der Waals surface area contributed by atoms with Crippen LogP contribution in [-0.2, 0) is 4.79 Å². The first-order valence-electron chi connectivity index (χ1n) is 6.92. The lowest BCUT2D eigenvalue weighted by atomic mass is 10.1. The number of hydrogen-bond donors (Lipinski definition) is 1. The number of amides is 1. The molecule has 1 heterocycles. The third-order valence-electron chi connectivity index (χ3n) is 3.28. The minimum atomic E-state index is 0.0536. The molecule has 3 nitrogen and oxygen atoms in total. The van der Waals surface area contributed by atoms with E-state index in [1.54, 1.807) is 11.0 Å². The molecule has 1 amide bonds. The van der Waals surface area contributed by atoms with Crippen molar-refractivity contribution in [1.29, 1.82) is 0 Å². The summed E-state index contributed by atoms with van der Waals surface area (Å²) in [5.74, 6) is 5.98. The van der Waals surface area contributed by atoms with Crippen LogP contribution in [0.3, 0.4) is 0 Å². The van der Waals surface area contributed by atoms with Crippen molar-refractivity contribution in [3.8, 4) is 11.8 Å². The van der Waals surface area contributed by atoms with Gasteiger partial charge in [0.1, 0.15) is 0 Å². The van der Waals surface area contributed by atoms with Gasteiger partial charge in [0, 0.05) is 24.9 Å². The van der Waals surface area contributed by atoms with Gasteiger partial charge in [-0.2, -0.15) is 0 Å². The van der Waals surface area contributed by atoms with Gasteiger partial charge < -0.3 is 10.0 Å². The Balaban J connectivity index is 2.28. The molecule has 1 aromatic carbocycles. The summed E-state index contributed by atoms with van der Waals surface area (Å²) in [6.45, 7) is 0.768. The standard InChI is InChI=1S/C16H18ClNO2/c17-14-9-8-13(6-3-5-11-19)12-15(14)18-10-4-1-2-7-16(18)20/h8-9,12,19H,1-2,4-5,7,10-11H2. The van der Waals surface area contributed by atoms with E-state index in [-0.39, 0.29) is 12.5 Å². The average Bonchev–Trinajstić information content (AvgIpc) is 2.66. The van der Waals surface area contributed by atoms with Crippen molar-refractivity contribution in [3.63, 3.8) is 0 Å². The van der Waals surface area contributed by atoms with E-state index in [4.69, 9.17) is 16.7 Å². The highest BCUT2D eigenvalue weighted by atomic mass is 35.5. The molecule has 0 saturated carbocycles. The summed E-state index contributed by atoms with van der Waals surface area (Å²) in [6.07, 6.45) is 4.05. The zero-order chi connectivity index (χ0) is 14.4. The van der Waals surface area contributed by atoms with Crippen molar-refractivity contribution < 1.29 is 9.90 Å². The van der Waals surface area contributed by atoms with Crippen LogP contribution in [-0.4, -0.2) is 24.2 Å². The molecule has 2 rings (SSSR count). The van der Waals surface area contributed by atoms with E-state index in [0.717, 1.165) is 30.5 Å². The molecule has 1 aliphatic rings. The second-order valence-corrected chi connectivity index (χ2v) is 5.20. The maximum atomic E-state index is 12.1. The number of rotatable bonds is 2. The number of carbonyl (C=O) groups is 1. The molecule has 1 N–H and O–H groups in total. The number of halogens is 1. The van der Waals surface area contributed by atoms with E-state index >= 15 is 0 Å². The summed E-state index contributed by atoms with van der Waals surface area (Å²) >= 11 is 6.23. The summed E-state index contributed by atoms with van der Waals surface area (Å²) in [7, 11) is 0. The van der Waals surface area contributed by atoms with Gasteiger partial charge in [-0.1, -0.05) is 29.9 Å². The summed E-state index contributed by atoms with van der Waals surface area (Å²) in [4.78, 5) is 13.9. The molecule has 1 fully saturated rings. The van der Waals surface area contributed by atoms with Gasteiger partial charge in [0.15, 0.2) is 0 Å². The molecule has 106 valence electrons. The van der Waals surface area contributed by atoms with Crippen molar-refractivity contribution in [1.82, 2.24) is 0 Å². The van der Waals surface area contributed by atoms with E-state index in [1.807, 2.05) is 12.1 Å². The molecule has 1 aliphatic heterocycles. The van der Waals surface area contributed by atoms with Crippen LogP contribution < -0.4 is 4.90 Å². The molecular weight excluding hydrogens is 274 g/mol. The summed E-state index contributed by atoms with van der Waals surface area (Å²) < 4.78 is 0. The van der Waals surface area contributed by atoms with Gasteiger partial charge >= 0.3 is 0 Å². The van der Waals surface area contributed by atoms with Gasteiger partial charge in [0.05, 0.1) is 17.3 Å². The first-order chi connectivity index (χ1) is 9.72. The van der Waals surface area contributed by atoms with Crippen LogP contribution in [0, 0.1) is 11.8 Å². The summed E-state index contributed by atoms with van der Waals surface area (Å²) in [6, 6.07) is 5.46. The summed E-state index contributed by atoms with van der Waals surface area (Å²) in [5, 5.41) is 9.31. The van der Waals surface area contributed by atoms with Crippen molar-refractivity contribution in [2.24, 2.45) is 0 Å². The van der Waals surface area contributed by atoms with Gasteiger partial charge in [-0.05, 0) is 31.0 Å². The monoisotopic (exact) mass is 291 g/mol. The fourth-order valence-corrected chi connectivity index (χ4v) is 2.47. The highest BCUT2D eigenvalue weighted by Crippen LogP contribution is 2.29. The Kier molecular flexibility index (Phi) is 5.46. The zero-order valence-corrected chi connectivity index (χ0v) is 12.1. The molecular formula is C16H18ClNO2. The molecule has 4 heteroatoms. The fraction of sp³-hybridized carbons (Fsp3) is 0.438. The lowest BCUT2D eigenvalue weighted by Crippen LogP contribution is -2.30. The third kappa shape index (κ3) is 3.75. The smallest absolute Gasteiger partial charge is 0.227 e. The first-order valence-corrected chi connectivity index (χ1v) is 7.30. The fourth-order valence-electron chi connectivity index (χ4n) is 2.26. The van der Waals surface area contributed by atoms with Crippen LogP contribution in [0.1, 0.15) is 37.7 Å². The van der Waals surface area contributed by atoms with E-state index < -0.39 is 0 Å². The lowest BCUT2D eigenvalue weighted by molar-refractivity contribution is -0.118. The molecule has 0 aromatic heterocycles. The maximum absolute atomic E-state index is 12.1. The number of aliphatic hydroxyl groups is 1. The van der Waals surface area contributed by atoms with Gasteiger partial charge in [-0.15, -0.1) is 0 Å². The topological polar surface area (TPSA) is 40.5 Å². The molecule has 0 bridgehead atoms.